The minimum atomic E-state index is -0.0148. The number of fused-ring (bicyclic) bond motifs is 1. The van der Waals surface area contributed by atoms with Crippen LogP contribution in [0.25, 0.3) is 0 Å². The maximum absolute atomic E-state index is 12.9. The molecular weight excluding hydrogens is 336 g/mol. The number of anilines is 1. The quantitative estimate of drug-likeness (QED) is 0.796. The molecule has 25 heavy (non-hydrogen) atoms. The fourth-order valence-electron chi connectivity index (χ4n) is 3.18. The summed E-state index contributed by atoms with van der Waals surface area (Å²) in [5, 5.41) is 0.672. The number of rotatable bonds is 5. The maximum atomic E-state index is 12.9. The highest BCUT2D eigenvalue weighted by atomic mass is 35.5. The minimum absolute atomic E-state index is 0.00317. The van der Waals surface area contributed by atoms with Crippen molar-refractivity contribution in [3.05, 3.63) is 58.4 Å². The van der Waals surface area contributed by atoms with Crippen LogP contribution in [0.4, 0.5) is 5.69 Å². The second-order valence-electron chi connectivity index (χ2n) is 6.90. The van der Waals surface area contributed by atoms with Crippen molar-refractivity contribution < 1.29 is 9.53 Å². The van der Waals surface area contributed by atoms with Crippen LogP contribution in [0.5, 0.6) is 0 Å². The van der Waals surface area contributed by atoms with Crippen molar-refractivity contribution in [3.63, 3.8) is 0 Å². The summed E-state index contributed by atoms with van der Waals surface area (Å²) in [5.41, 5.74) is 3.57. The van der Waals surface area contributed by atoms with E-state index in [1.54, 1.807) is 17.2 Å². The molecule has 1 fully saturated rings. The van der Waals surface area contributed by atoms with Gasteiger partial charge in [0.2, 0.25) is 0 Å². The lowest BCUT2D eigenvalue weighted by Crippen LogP contribution is -2.37. The summed E-state index contributed by atoms with van der Waals surface area (Å²) in [5.74, 6) is 0.731. The van der Waals surface area contributed by atoms with E-state index in [1.165, 1.54) is 12.8 Å². The number of ether oxygens (including phenoxy) is 1. The zero-order valence-electron chi connectivity index (χ0n) is 14.2. The van der Waals surface area contributed by atoms with E-state index >= 15 is 0 Å². The van der Waals surface area contributed by atoms with Gasteiger partial charge in [-0.15, -0.1) is 0 Å². The molecule has 0 saturated heterocycles. The van der Waals surface area contributed by atoms with Gasteiger partial charge < -0.3 is 9.64 Å². The van der Waals surface area contributed by atoms with Gasteiger partial charge >= 0.3 is 0 Å². The Kier molecular flexibility index (Phi) is 4.48. The summed E-state index contributed by atoms with van der Waals surface area (Å²) in [6.07, 6.45) is 6.89. The molecule has 4 rings (SSSR count). The van der Waals surface area contributed by atoms with E-state index in [4.69, 9.17) is 16.3 Å². The van der Waals surface area contributed by atoms with Gasteiger partial charge in [0.05, 0.1) is 24.6 Å². The molecule has 0 spiro atoms. The van der Waals surface area contributed by atoms with Crippen LogP contribution in [-0.2, 0) is 11.2 Å². The number of halogens is 1. The third-order valence-corrected chi connectivity index (χ3v) is 5.19. The first kappa shape index (κ1) is 16.6. The van der Waals surface area contributed by atoms with Crippen LogP contribution in [0.1, 0.15) is 47.4 Å². The van der Waals surface area contributed by atoms with Crippen LogP contribution in [0.2, 0.25) is 5.02 Å². The van der Waals surface area contributed by atoms with Gasteiger partial charge in [-0.25, -0.2) is 0 Å². The number of benzene rings is 1. The van der Waals surface area contributed by atoms with Gasteiger partial charge in [0.25, 0.3) is 5.91 Å². The number of hydrogen-bond acceptors (Lipinski definition) is 3. The van der Waals surface area contributed by atoms with E-state index < -0.39 is 0 Å². The molecule has 1 aromatic carbocycles. The van der Waals surface area contributed by atoms with E-state index in [1.807, 2.05) is 31.3 Å². The van der Waals surface area contributed by atoms with E-state index in [2.05, 4.69) is 4.98 Å². The van der Waals surface area contributed by atoms with Crippen LogP contribution >= 0.6 is 11.6 Å². The Bertz CT molecular complexity index is 804. The molecule has 2 heterocycles. The fourth-order valence-corrected chi connectivity index (χ4v) is 3.37. The van der Waals surface area contributed by atoms with E-state index in [0.29, 0.717) is 11.6 Å². The Balaban J connectivity index is 1.54. The molecule has 1 amide bonds. The van der Waals surface area contributed by atoms with Crippen LogP contribution in [-0.4, -0.2) is 24.0 Å². The smallest absolute Gasteiger partial charge is 0.258 e. The predicted molar refractivity (Wildman–Crippen MR) is 98.2 cm³/mol. The van der Waals surface area contributed by atoms with E-state index in [9.17, 15) is 4.79 Å². The SMILES string of the molecule is CC(OCC1CC1)c1cncc(N2CCc3cc(Cl)ccc3C2=O)c1. The third-order valence-electron chi connectivity index (χ3n) is 4.95. The number of carbonyl (C=O) groups excluding carboxylic acids is 1. The average Bonchev–Trinajstić information content (AvgIpc) is 3.44. The van der Waals surface area contributed by atoms with E-state index in [0.717, 1.165) is 41.3 Å². The van der Waals surface area contributed by atoms with Gasteiger partial charge in [0, 0.05) is 28.9 Å². The predicted octanol–water partition coefficient (Wildman–Crippen LogP) is 4.43. The lowest BCUT2D eigenvalue weighted by molar-refractivity contribution is 0.0577. The fraction of sp³-hybridized carbons (Fsp3) is 0.400. The first-order valence-electron chi connectivity index (χ1n) is 8.78. The highest BCUT2D eigenvalue weighted by Gasteiger charge is 2.27. The Morgan fingerprint density at radius 3 is 2.96 bits per heavy atom. The molecule has 1 unspecified atom stereocenters. The molecule has 2 aromatic rings. The van der Waals surface area contributed by atoms with Gasteiger partial charge in [-0.2, -0.15) is 0 Å². The monoisotopic (exact) mass is 356 g/mol. The number of amides is 1. The first-order valence-corrected chi connectivity index (χ1v) is 9.16. The first-order chi connectivity index (χ1) is 12.1. The molecule has 130 valence electrons. The number of hydrogen-bond donors (Lipinski definition) is 0. The summed E-state index contributed by atoms with van der Waals surface area (Å²) >= 11 is 6.04. The van der Waals surface area contributed by atoms with Gasteiger partial charge in [-0.05, 0) is 61.9 Å². The Hall–Kier alpha value is -1.91. The summed E-state index contributed by atoms with van der Waals surface area (Å²) in [7, 11) is 0. The van der Waals surface area contributed by atoms with Crippen molar-refractivity contribution in [2.45, 2.75) is 32.3 Å². The van der Waals surface area contributed by atoms with Crippen molar-refractivity contribution in [3.8, 4) is 0 Å². The van der Waals surface area contributed by atoms with Gasteiger partial charge in [0.15, 0.2) is 0 Å². The average molecular weight is 357 g/mol. The number of carbonyl (C=O) groups is 1. The second-order valence-corrected chi connectivity index (χ2v) is 7.34. The molecule has 2 aliphatic rings. The van der Waals surface area contributed by atoms with Crippen molar-refractivity contribution in [2.24, 2.45) is 5.92 Å². The molecule has 1 aromatic heterocycles. The lowest BCUT2D eigenvalue weighted by atomic mass is 9.98. The summed E-state index contributed by atoms with van der Waals surface area (Å²) in [4.78, 5) is 19.0. The number of pyridine rings is 1. The van der Waals surface area contributed by atoms with Crippen LogP contribution in [0, 0.1) is 5.92 Å². The highest BCUT2D eigenvalue weighted by molar-refractivity contribution is 6.30. The number of aromatic nitrogens is 1. The molecule has 1 aliphatic carbocycles. The second kappa shape index (κ2) is 6.77. The van der Waals surface area contributed by atoms with Crippen molar-refractivity contribution in [1.82, 2.24) is 4.98 Å². The molecule has 0 N–H and O–H groups in total. The molecule has 1 atom stereocenters. The Labute approximate surface area is 152 Å². The van der Waals surface area contributed by atoms with Gasteiger partial charge in [0.1, 0.15) is 0 Å². The normalized spacial score (nSPS) is 18.2. The minimum Gasteiger partial charge on any atom is -0.373 e. The Morgan fingerprint density at radius 2 is 2.16 bits per heavy atom. The van der Waals surface area contributed by atoms with E-state index in [-0.39, 0.29) is 12.0 Å². The zero-order chi connectivity index (χ0) is 17.4. The van der Waals surface area contributed by atoms with Gasteiger partial charge in [-0.1, -0.05) is 11.6 Å². The molecule has 1 saturated carbocycles. The third kappa shape index (κ3) is 3.55. The lowest BCUT2D eigenvalue weighted by Gasteiger charge is -2.29. The molecular formula is C20H21ClN2O2. The van der Waals surface area contributed by atoms with Crippen molar-refractivity contribution in [1.29, 1.82) is 0 Å². The number of nitrogens with zero attached hydrogens (tertiary/aromatic N) is 2. The maximum Gasteiger partial charge on any atom is 0.258 e. The molecule has 4 nitrogen and oxygen atoms in total. The molecule has 0 bridgehead atoms. The molecule has 1 aliphatic heterocycles. The topological polar surface area (TPSA) is 42.4 Å². The van der Waals surface area contributed by atoms with Gasteiger partial charge in [-0.3, -0.25) is 9.78 Å². The molecule has 5 heteroatoms. The highest BCUT2D eigenvalue weighted by Crippen LogP contribution is 2.32. The molecule has 0 radical (unpaired) electrons. The largest absolute Gasteiger partial charge is 0.373 e. The Morgan fingerprint density at radius 1 is 1.32 bits per heavy atom. The van der Waals surface area contributed by atoms with Crippen LogP contribution in [0.3, 0.4) is 0 Å². The zero-order valence-corrected chi connectivity index (χ0v) is 15.0. The van der Waals surface area contributed by atoms with Crippen LogP contribution in [0.15, 0.2) is 36.7 Å². The standard InChI is InChI=1S/C20H21ClN2O2/c1-13(25-12-14-2-3-14)16-9-18(11-22-10-16)23-7-6-15-8-17(21)4-5-19(15)20(23)24/h4-5,8-11,13-14H,2-3,6-7,12H2,1H3. The van der Waals surface area contributed by atoms with Crippen LogP contribution < -0.4 is 4.90 Å². The van der Waals surface area contributed by atoms with Crippen molar-refractivity contribution >= 4 is 23.2 Å². The summed E-state index contributed by atoms with van der Waals surface area (Å²) in [6.45, 7) is 3.48. The van der Waals surface area contributed by atoms with Crippen molar-refractivity contribution in [2.75, 3.05) is 18.1 Å². The summed E-state index contributed by atoms with van der Waals surface area (Å²) in [6, 6.07) is 7.48. The summed E-state index contributed by atoms with van der Waals surface area (Å²) < 4.78 is 5.93.